The minimum Gasteiger partial charge on any atom is -0.497 e. The van der Waals surface area contributed by atoms with Gasteiger partial charge in [0.1, 0.15) is 5.75 Å². The van der Waals surface area contributed by atoms with Crippen molar-refractivity contribution in [1.82, 2.24) is 10.4 Å². The van der Waals surface area contributed by atoms with E-state index in [0.29, 0.717) is 6.54 Å². The fraction of sp³-hybridized carbons (Fsp3) is 0.571. The molecule has 1 aromatic carbocycles. The predicted molar refractivity (Wildman–Crippen MR) is 71.4 cm³/mol. The number of nitrogens with zero attached hydrogens (tertiary/aromatic N) is 1. The molecular weight excluding hydrogens is 228 g/mol. The van der Waals surface area contributed by atoms with Crippen LogP contribution in [0.15, 0.2) is 24.3 Å². The Labute approximate surface area is 109 Å². The Hall–Kier alpha value is -1.10. The molecule has 100 valence electrons. The molecule has 1 fully saturated rings. The molecule has 1 saturated heterocycles. The third-order valence-electron chi connectivity index (χ3n) is 3.34. The molecule has 1 aliphatic rings. The topological polar surface area (TPSA) is 44.7 Å². The summed E-state index contributed by atoms with van der Waals surface area (Å²) in [5.41, 5.74) is 4.19. The van der Waals surface area contributed by atoms with Gasteiger partial charge < -0.3 is 9.84 Å². The van der Waals surface area contributed by atoms with Crippen molar-refractivity contribution in [2.75, 3.05) is 26.7 Å². The number of hydrazine groups is 1. The highest BCUT2D eigenvalue weighted by Crippen LogP contribution is 2.18. The maximum Gasteiger partial charge on any atom is 0.119 e. The van der Waals surface area contributed by atoms with Crippen LogP contribution in [0.2, 0.25) is 0 Å². The molecular formula is C14H22N2O2. The normalized spacial score (nSPS) is 18.6. The number of aliphatic hydroxyl groups is 1. The van der Waals surface area contributed by atoms with Crippen molar-refractivity contribution in [3.63, 3.8) is 0 Å². The molecule has 0 aromatic heterocycles. The Morgan fingerprint density at radius 2 is 2.11 bits per heavy atom. The highest BCUT2D eigenvalue weighted by molar-refractivity contribution is 5.29. The third-order valence-corrected chi connectivity index (χ3v) is 3.34. The van der Waals surface area contributed by atoms with E-state index >= 15 is 0 Å². The Morgan fingerprint density at radius 1 is 1.33 bits per heavy atom. The van der Waals surface area contributed by atoms with Crippen molar-refractivity contribution >= 4 is 0 Å². The summed E-state index contributed by atoms with van der Waals surface area (Å²) in [6.07, 6.45) is 3.29. The van der Waals surface area contributed by atoms with Crippen LogP contribution in [0.25, 0.3) is 0 Å². The minimum atomic E-state index is -0.498. The van der Waals surface area contributed by atoms with Gasteiger partial charge in [0.2, 0.25) is 0 Å². The predicted octanol–water partition coefficient (Wildman–Crippen LogP) is 1.72. The van der Waals surface area contributed by atoms with Crippen molar-refractivity contribution < 1.29 is 9.84 Å². The molecule has 1 aliphatic heterocycles. The summed E-state index contributed by atoms with van der Waals surface area (Å²) < 4.78 is 5.16. The standard InChI is InChI=1S/C14H22N2O2/c1-18-13-7-5-6-12(10-13)14(17)11-15-16-8-3-2-4-9-16/h5-7,10,14-15,17H,2-4,8-9,11H2,1H3. The lowest BCUT2D eigenvalue weighted by molar-refractivity contribution is 0.0995. The highest BCUT2D eigenvalue weighted by atomic mass is 16.5. The lowest BCUT2D eigenvalue weighted by atomic mass is 10.1. The Balaban J connectivity index is 1.84. The molecule has 0 amide bonds. The van der Waals surface area contributed by atoms with Crippen LogP contribution in [0.4, 0.5) is 0 Å². The molecule has 0 bridgehead atoms. The SMILES string of the molecule is COc1cccc(C(O)CNN2CCCCC2)c1. The van der Waals surface area contributed by atoms with Crippen molar-refractivity contribution in [3.8, 4) is 5.75 Å². The number of rotatable bonds is 5. The van der Waals surface area contributed by atoms with Crippen LogP contribution in [0, 0.1) is 0 Å². The maximum absolute atomic E-state index is 10.1. The first-order valence-electron chi connectivity index (χ1n) is 6.60. The number of aliphatic hydroxyl groups excluding tert-OH is 1. The number of hydrogen-bond acceptors (Lipinski definition) is 4. The number of methoxy groups -OCH3 is 1. The van der Waals surface area contributed by atoms with E-state index in [2.05, 4.69) is 10.4 Å². The monoisotopic (exact) mass is 250 g/mol. The van der Waals surface area contributed by atoms with Crippen molar-refractivity contribution in [3.05, 3.63) is 29.8 Å². The lowest BCUT2D eigenvalue weighted by Crippen LogP contribution is -2.43. The summed E-state index contributed by atoms with van der Waals surface area (Å²) in [6.45, 7) is 2.70. The largest absolute Gasteiger partial charge is 0.497 e. The maximum atomic E-state index is 10.1. The van der Waals surface area contributed by atoms with Gasteiger partial charge in [-0.15, -0.1) is 0 Å². The Kier molecular flexibility index (Phi) is 4.99. The van der Waals surface area contributed by atoms with Crippen LogP contribution in [-0.4, -0.2) is 36.9 Å². The number of ether oxygens (including phenoxy) is 1. The Bertz CT molecular complexity index is 365. The number of hydrogen-bond donors (Lipinski definition) is 2. The zero-order valence-corrected chi connectivity index (χ0v) is 10.9. The average molecular weight is 250 g/mol. The summed E-state index contributed by atoms with van der Waals surface area (Å²) in [7, 11) is 1.64. The van der Waals surface area contributed by atoms with Crippen molar-refractivity contribution in [2.24, 2.45) is 0 Å². The van der Waals surface area contributed by atoms with Crippen LogP contribution in [0.5, 0.6) is 5.75 Å². The van der Waals surface area contributed by atoms with Crippen LogP contribution in [0.3, 0.4) is 0 Å². The minimum absolute atomic E-state index is 0.498. The van der Waals surface area contributed by atoms with Crippen LogP contribution >= 0.6 is 0 Å². The zero-order valence-electron chi connectivity index (χ0n) is 10.9. The van der Waals surface area contributed by atoms with Gasteiger partial charge in [0.05, 0.1) is 13.2 Å². The molecule has 0 spiro atoms. The molecule has 0 aliphatic carbocycles. The second kappa shape index (κ2) is 6.73. The molecule has 4 nitrogen and oxygen atoms in total. The summed E-state index contributed by atoms with van der Waals surface area (Å²) in [5.74, 6) is 0.782. The first kappa shape index (κ1) is 13.3. The van der Waals surface area contributed by atoms with E-state index in [0.717, 1.165) is 24.4 Å². The summed E-state index contributed by atoms with van der Waals surface area (Å²) in [4.78, 5) is 0. The van der Waals surface area contributed by atoms with E-state index in [1.807, 2.05) is 24.3 Å². The fourth-order valence-corrected chi connectivity index (χ4v) is 2.23. The van der Waals surface area contributed by atoms with E-state index in [4.69, 9.17) is 4.74 Å². The van der Waals surface area contributed by atoms with Gasteiger partial charge in [-0.3, -0.25) is 5.43 Å². The van der Waals surface area contributed by atoms with Crippen molar-refractivity contribution in [2.45, 2.75) is 25.4 Å². The molecule has 1 unspecified atom stereocenters. The van der Waals surface area contributed by atoms with E-state index in [1.165, 1.54) is 19.3 Å². The number of nitrogens with one attached hydrogen (secondary N) is 1. The molecule has 18 heavy (non-hydrogen) atoms. The molecule has 1 heterocycles. The fourth-order valence-electron chi connectivity index (χ4n) is 2.23. The lowest BCUT2D eigenvalue weighted by Gasteiger charge is -2.28. The highest BCUT2D eigenvalue weighted by Gasteiger charge is 2.13. The molecule has 2 N–H and O–H groups in total. The second-order valence-corrected chi connectivity index (χ2v) is 4.70. The van der Waals surface area contributed by atoms with Gasteiger partial charge in [-0.25, -0.2) is 5.01 Å². The quantitative estimate of drug-likeness (QED) is 0.835. The molecule has 1 aromatic rings. The van der Waals surface area contributed by atoms with Gasteiger partial charge in [0, 0.05) is 19.6 Å². The summed E-state index contributed by atoms with van der Waals surface area (Å²) in [6, 6.07) is 7.58. The molecule has 2 rings (SSSR count). The molecule has 0 radical (unpaired) electrons. The number of benzene rings is 1. The van der Waals surface area contributed by atoms with Crippen LogP contribution in [-0.2, 0) is 0 Å². The van der Waals surface area contributed by atoms with E-state index in [-0.39, 0.29) is 0 Å². The van der Waals surface area contributed by atoms with Gasteiger partial charge in [-0.2, -0.15) is 0 Å². The van der Waals surface area contributed by atoms with E-state index < -0.39 is 6.10 Å². The van der Waals surface area contributed by atoms with Crippen LogP contribution in [0.1, 0.15) is 30.9 Å². The van der Waals surface area contributed by atoms with E-state index in [9.17, 15) is 5.11 Å². The molecule has 1 atom stereocenters. The summed E-state index contributed by atoms with van der Waals surface area (Å²) in [5, 5.41) is 12.3. The van der Waals surface area contributed by atoms with Gasteiger partial charge in [-0.05, 0) is 30.5 Å². The average Bonchev–Trinajstić information content (AvgIpc) is 2.46. The first-order chi connectivity index (χ1) is 8.79. The zero-order chi connectivity index (χ0) is 12.8. The Morgan fingerprint density at radius 3 is 2.83 bits per heavy atom. The smallest absolute Gasteiger partial charge is 0.119 e. The van der Waals surface area contributed by atoms with E-state index in [1.54, 1.807) is 7.11 Å². The third kappa shape index (κ3) is 3.70. The van der Waals surface area contributed by atoms with Gasteiger partial charge in [-0.1, -0.05) is 18.6 Å². The van der Waals surface area contributed by atoms with Gasteiger partial charge >= 0.3 is 0 Å². The second-order valence-electron chi connectivity index (χ2n) is 4.70. The van der Waals surface area contributed by atoms with Gasteiger partial charge in [0.25, 0.3) is 0 Å². The molecule has 4 heteroatoms. The summed E-state index contributed by atoms with van der Waals surface area (Å²) >= 11 is 0. The van der Waals surface area contributed by atoms with Gasteiger partial charge in [0.15, 0.2) is 0 Å². The van der Waals surface area contributed by atoms with Crippen molar-refractivity contribution in [1.29, 1.82) is 0 Å². The van der Waals surface area contributed by atoms with Crippen LogP contribution < -0.4 is 10.2 Å². The molecule has 0 saturated carbocycles. The number of piperidine rings is 1. The first-order valence-corrected chi connectivity index (χ1v) is 6.60.